The summed E-state index contributed by atoms with van der Waals surface area (Å²) in [4.78, 5) is 2.39. The quantitative estimate of drug-likeness (QED) is 0.920. The lowest BCUT2D eigenvalue weighted by Crippen LogP contribution is -2.23. The maximum absolute atomic E-state index is 4.17. The van der Waals surface area contributed by atoms with Crippen molar-refractivity contribution in [1.82, 2.24) is 19.9 Å². The molecule has 2 aromatic rings. The smallest absolute Gasteiger partial charge is 0.0967 e. The minimum atomic E-state index is 0. The van der Waals surface area contributed by atoms with Gasteiger partial charge in [-0.05, 0) is 24.1 Å². The Kier molecular flexibility index (Phi) is 5.20. The van der Waals surface area contributed by atoms with Crippen molar-refractivity contribution in [1.29, 1.82) is 0 Å². The second-order valence-electron chi connectivity index (χ2n) is 5.31. The van der Waals surface area contributed by atoms with E-state index in [-0.39, 0.29) is 12.4 Å². The van der Waals surface area contributed by atoms with Crippen LogP contribution in [0.4, 0.5) is 5.69 Å². The summed E-state index contributed by atoms with van der Waals surface area (Å²) >= 11 is 0. The van der Waals surface area contributed by atoms with Crippen LogP contribution in [0.15, 0.2) is 24.4 Å². The van der Waals surface area contributed by atoms with Crippen molar-refractivity contribution in [2.75, 3.05) is 18.4 Å². The van der Waals surface area contributed by atoms with Gasteiger partial charge in [0.05, 0.1) is 5.69 Å². The van der Waals surface area contributed by atoms with Crippen molar-refractivity contribution in [3.05, 3.63) is 41.2 Å². The SMILES string of the molecule is CCN(Cc1cn(C)nn1)Cc1cccc2c1NCC2.Cl. The van der Waals surface area contributed by atoms with Crippen LogP contribution in [0.25, 0.3) is 0 Å². The predicted molar refractivity (Wildman–Crippen MR) is 86.7 cm³/mol. The Morgan fingerprint density at radius 1 is 1.33 bits per heavy atom. The molecule has 0 unspecified atom stereocenters. The van der Waals surface area contributed by atoms with E-state index < -0.39 is 0 Å². The summed E-state index contributed by atoms with van der Waals surface area (Å²) in [7, 11) is 1.90. The Labute approximate surface area is 131 Å². The third kappa shape index (κ3) is 3.54. The average Bonchev–Trinajstić information content (AvgIpc) is 3.07. The van der Waals surface area contributed by atoms with Gasteiger partial charge >= 0.3 is 0 Å². The van der Waals surface area contributed by atoms with Gasteiger partial charge in [0.15, 0.2) is 0 Å². The molecular weight excluding hydrogens is 286 g/mol. The van der Waals surface area contributed by atoms with E-state index in [0.717, 1.165) is 38.3 Å². The van der Waals surface area contributed by atoms with Crippen LogP contribution in [0.1, 0.15) is 23.7 Å². The molecule has 2 heterocycles. The zero-order chi connectivity index (χ0) is 13.9. The molecular formula is C15H22ClN5. The highest BCUT2D eigenvalue weighted by Crippen LogP contribution is 2.27. The van der Waals surface area contributed by atoms with E-state index in [1.165, 1.54) is 16.8 Å². The normalized spacial score (nSPS) is 12.9. The number of rotatable bonds is 5. The van der Waals surface area contributed by atoms with Crippen LogP contribution in [-0.2, 0) is 26.6 Å². The molecule has 0 saturated heterocycles. The summed E-state index contributed by atoms with van der Waals surface area (Å²) in [6.07, 6.45) is 3.12. The second-order valence-corrected chi connectivity index (χ2v) is 5.31. The van der Waals surface area contributed by atoms with Crippen LogP contribution in [-0.4, -0.2) is 33.0 Å². The van der Waals surface area contributed by atoms with Gasteiger partial charge < -0.3 is 5.32 Å². The molecule has 1 aliphatic rings. The van der Waals surface area contributed by atoms with Crippen LogP contribution >= 0.6 is 12.4 Å². The average molecular weight is 308 g/mol. The Balaban J connectivity index is 0.00000161. The Hall–Kier alpha value is -1.59. The van der Waals surface area contributed by atoms with E-state index in [1.54, 1.807) is 4.68 Å². The van der Waals surface area contributed by atoms with E-state index in [2.05, 4.69) is 45.7 Å². The molecule has 0 bridgehead atoms. The molecule has 1 N–H and O–H groups in total. The molecule has 0 amide bonds. The van der Waals surface area contributed by atoms with Gasteiger partial charge in [-0.3, -0.25) is 9.58 Å². The van der Waals surface area contributed by atoms with Gasteiger partial charge in [-0.25, -0.2) is 0 Å². The molecule has 114 valence electrons. The minimum absolute atomic E-state index is 0. The molecule has 1 aromatic heterocycles. The van der Waals surface area contributed by atoms with Crippen LogP contribution in [0.3, 0.4) is 0 Å². The number of nitrogens with one attached hydrogen (secondary N) is 1. The summed E-state index contributed by atoms with van der Waals surface area (Å²) in [5.41, 5.74) is 5.18. The minimum Gasteiger partial charge on any atom is -0.384 e. The molecule has 0 saturated carbocycles. The lowest BCUT2D eigenvalue weighted by Gasteiger charge is -2.20. The molecule has 21 heavy (non-hydrogen) atoms. The molecule has 1 aliphatic heterocycles. The Bertz CT molecular complexity index is 595. The standard InChI is InChI=1S/C15H21N5.ClH/c1-3-20(11-14-10-19(2)18-17-14)9-13-6-4-5-12-7-8-16-15(12)13;/h4-6,10,16H,3,7-9,11H2,1-2H3;1H. The van der Waals surface area contributed by atoms with Crippen molar-refractivity contribution < 1.29 is 0 Å². The van der Waals surface area contributed by atoms with Crippen molar-refractivity contribution in [2.24, 2.45) is 7.05 Å². The lowest BCUT2D eigenvalue weighted by atomic mass is 10.1. The fraction of sp³-hybridized carbons (Fsp3) is 0.467. The maximum atomic E-state index is 4.17. The number of nitrogens with zero attached hydrogens (tertiary/aromatic N) is 4. The first-order valence-electron chi connectivity index (χ1n) is 7.18. The molecule has 0 fully saturated rings. The number of anilines is 1. The van der Waals surface area contributed by atoms with Gasteiger partial charge in [-0.15, -0.1) is 17.5 Å². The van der Waals surface area contributed by atoms with E-state index >= 15 is 0 Å². The molecule has 1 aromatic carbocycles. The number of aryl methyl sites for hydroxylation is 1. The number of fused-ring (bicyclic) bond motifs is 1. The first-order chi connectivity index (χ1) is 9.76. The highest BCUT2D eigenvalue weighted by Gasteiger charge is 2.16. The highest BCUT2D eigenvalue weighted by molar-refractivity contribution is 5.85. The lowest BCUT2D eigenvalue weighted by molar-refractivity contribution is 0.268. The summed E-state index contributed by atoms with van der Waals surface area (Å²) in [6, 6.07) is 6.60. The van der Waals surface area contributed by atoms with E-state index in [0.29, 0.717) is 0 Å². The predicted octanol–water partition coefficient (Wildman–Crippen LogP) is 2.23. The summed E-state index contributed by atoms with van der Waals surface area (Å²) in [6.45, 7) is 6.03. The summed E-state index contributed by atoms with van der Waals surface area (Å²) < 4.78 is 1.75. The number of para-hydroxylation sites is 1. The first-order valence-corrected chi connectivity index (χ1v) is 7.18. The number of benzene rings is 1. The van der Waals surface area contributed by atoms with Gasteiger partial charge in [-0.2, -0.15) is 0 Å². The summed E-state index contributed by atoms with van der Waals surface area (Å²) in [5.74, 6) is 0. The molecule has 5 nitrogen and oxygen atoms in total. The molecule has 0 spiro atoms. The van der Waals surface area contributed by atoms with Gasteiger partial charge in [0.1, 0.15) is 0 Å². The first kappa shape index (κ1) is 15.8. The van der Waals surface area contributed by atoms with E-state index in [9.17, 15) is 0 Å². The van der Waals surface area contributed by atoms with E-state index in [1.807, 2.05) is 13.2 Å². The zero-order valence-corrected chi connectivity index (χ0v) is 13.4. The Morgan fingerprint density at radius 2 is 2.19 bits per heavy atom. The number of hydrogen-bond donors (Lipinski definition) is 1. The molecule has 0 radical (unpaired) electrons. The summed E-state index contributed by atoms with van der Waals surface area (Å²) in [5, 5.41) is 11.7. The van der Waals surface area contributed by atoms with Gasteiger partial charge in [-0.1, -0.05) is 30.3 Å². The van der Waals surface area contributed by atoms with Crippen LogP contribution in [0.2, 0.25) is 0 Å². The largest absolute Gasteiger partial charge is 0.384 e. The molecule has 3 rings (SSSR count). The van der Waals surface area contributed by atoms with Crippen LogP contribution in [0, 0.1) is 0 Å². The van der Waals surface area contributed by atoms with Gasteiger partial charge in [0.25, 0.3) is 0 Å². The van der Waals surface area contributed by atoms with Gasteiger partial charge in [0, 0.05) is 38.6 Å². The fourth-order valence-electron chi connectivity index (χ4n) is 2.76. The second kappa shape index (κ2) is 6.91. The third-order valence-corrected chi connectivity index (χ3v) is 3.81. The number of hydrogen-bond acceptors (Lipinski definition) is 4. The van der Waals surface area contributed by atoms with Crippen molar-refractivity contribution >= 4 is 18.1 Å². The zero-order valence-electron chi connectivity index (χ0n) is 12.5. The maximum Gasteiger partial charge on any atom is 0.0967 e. The number of aromatic nitrogens is 3. The number of halogens is 1. The molecule has 6 heteroatoms. The highest BCUT2D eigenvalue weighted by atomic mass is 35.5. The molecule has 0 atom stereocenters. The molecule has 0 aliphatic carbocycles. The van der Waals surface area contributed by atoms with E-state index in [4.69, 9.17) is 0 Å². The third-order valence-electron chi connectivity index (χ3n) is 3.81. The van der Waals surface area contributed by atoms with Gasteiger partial charge in [0.2, 0.25) is 0 Å². The van der Waals surface area contributed by atoms with Crippen molar-refractivity contribution in [3.63, 3.8) is 0 Å². The van der Waals surface area contributed by atoms with Crippen LogP contribution < -0.4 is 5.32 Å². The van der Waals surface area contributed by atoms with Crippen LogP contribution in [0.5, 0.6) is 0 Å². The topological polar surface area (TPSA) is 46.0 Å². The monoisotopic (exact) mass is 307 g/mol. The van der Waals surface area contributed by atoms with Crippen molar-refractivity contribution in [3.8, 4) is 0 Å². The fourth-order valence-corrected chi connectivity index (χ4v) is 2.76. The van der Waals surface area contributed by atoms with Crippen molar-refractivity contribution in [2.45, 2.75) is 26.4 Å². The Morgan fingerprint density at radius 3 is 2.90 bits per heavy atom.